The van der Waals surface area contributed by atoms with Crippen LogP contribution in [-0.2, 0) is 9.47 Å². The molecule has 1 aliphatic carbocycles. The third-order valence-electron chi connectivity index (χ3n) is 2.08. The van der Waals surface area contributed by atoms with Crippen LogP contribution in [0.4, 0.5) is 0 Å². The van der Waals surface area contributed by atoms with E-state index in [4.69, 9.17) is 15.2 Å². The van der Waals surface area contributed by atoms with Crippen LogP contribution in [0.5, 0.6) is 0 Å². The zero-order valence-corrected chi connectivity index (χ0v) is 7.79. The number of hydrogen-bond donors (Lipinski definition) is 1. The van der Waals surface area contributed by atoms with E-state index in [-0.39, 0.29) is 6.04 Å². The van der Waals surface area contributed by atoms with Gasteiger partial charge in [-0.05, 0) is 12.3 Å². The Morgan fingerprint density at radius 3 is 2.75 bits per heavy atom. The van der Waals surface area contributed by atoms with Gasteiger partial charge in [-0.15, -0.1) is 0 Å². The standard InChI is InChI=1S/C9H19NO2/c1-11-6-9(10)7-12-5-4-8-2-3-8/h8-9H,2-7,10H2,1H3. The van der Waals surface area contributed by atoms with Gasteiger partial charge in [0, 0.05) is 13.7 Å². The molecule has 2 N–H and O–H groups in total. The van der Waals surface area contributed by atoms with Gasteiger partial charge in [0.05, 0.1) is 19.3 Å². The molecule has 0 heterocycles. The third kappa shape index (κ3) is 4.70. The van der Waals surface area contributed by atoms with E-state index in [1.165, 1.54) is 19.3 Å². The number of nitrogens with two attached hydrogens (primary N) is 1. The lowest BCUT2D eigenvalue weighted by molar-refractivity contribution is 0.0836. The molecule has 0 saturated heterocycles. The van der Waals surface area contributed by atoms with Crippen molar-refractivity contribution in [2.24, 2.45) is 11.7 Å². The van der Waals surface area contributed by atoms with E-state index >= 15 is 0 Å². The quantitative estimate of drug-likeness (QED) is 0.578. The predicted molar refractivity (Wildman–Crippen MR) is 48.0 cm³/mol. The van der Waals surface area contributed by atoms with Gasteiger partial charge in [0.2, 0.25) is 0 Å². The van der Waals surface area contributed by atoms with E-state index < -0.39 is 0 Å². The maximum absolute atomic E-state index is 5.67. The van der Waals surface area contributed by atoms with Gasteiger partial charge in [-0.3, -0.25) is 0 Å². The maximum atomic E-state index is 5.67. The molecule has 0 aromatic carbocycles. The molecular formula is C9H19NO2. The Morgan fingerprint density at radius 1 is 1.42 bits per heavy atom. The summed E-state index contributed by atoms with van der Waals surface area (Å²) < 4.78 is 10.3. The zero-order chi connectivity index (χ0) is 8.81. The van der Waals surface area contributed by atoms with Crippen LogP contribution in [0, 0.1) is 5.92 Å². The van der Waals surface area contributed by atoms with Crippen LogP contribution >= 0.6 is 0 Å². The summed E-state index contributed by atoms with van der Waals surface area (Å²) in [6.45, 7) is 2.08. The largest absolute Gasteiger partial charge is 0.383 e. The minimum absolute atomic E-state index is 0.0363. The van der Waals surface area contributed by atoms with Crippen LogP contribution < -0.4 is 5.73 Å². The average Bonchev–Trinajstić information content (AvgIpc) is 2.82. The normalized spacial score (nSPS) is 19.5. The van der Waals surface area contributed by atoms with Crippen molar-refractivity contribution in [2.75, 3.05) is 26.9 Å². The lowest BCUT2D eigenvalue weighted by atomic mass is 10.3. The van der Waals surface area contributed by atoms with Gasteiger partial charge < -0.3 is 15.2 Å². The molecule has 0 radical (unpaired) electrons. The SMILES string of the molecule is COCC(N)COCCC1CC1. The first-order valence-electron chi connectivity index (χ1n) is 4.65. The Balaban J connectivity index is 1.80. The Hall–Kier alpha value is -0.120. The van der Waals surface area contributed by atoms with E-state index in [0.29, 0.717) is 13.2 Å². The molecule has 0 amide bonds. The summed E-state index contributed by atoms with van der Waals surface area (Å²) in [5.74, 6) is 0.948. The summed E-state index contributed by atoms with van der Waals surface area (Å²) in [7, 11) is 1.66. The molecular weight excluding hydrogens is 154 g/mol. The second kappa shape index (κ2) is 5.51. The molecule has 0 aromatic heterocycles. The highest BCUT2D eigenvalue weighted by Gasteiger charge is 2.20. The van der Waals surface area contributed by atoms with Crippen molar-refractivity contribution in [3.8, 4) is 0 Å². The van der Waals surface area contributed by atoms with E-state index in [0.717, 1.165) is 12.5 Å². The molecule has 1 saturated carbocycles. The fraction of sp³-hybridized carbons (Fsp3) is 1.00. The van der Waals surface area contributed by atoms with E-state index in [1.807, 2.05) is 0 Å². The van der Waals surface area contributed by atoms with Crippen LogP contribution in [0.1, 0.15) is 19.3 Å². The Bertz CT molecular complexity index is 115. The predicted octanol–water partition coefficient (Wildman–Crippen LogP) is 0.777. The highest BCUT2D eigenvalue weighted by molar-refractivity contribution is 4.72. The second-order valence-corrected chi connectivity index (χ2v) is 3.52. The molecule has 1 atom stereocenters. The first-order chi connectivity index (χ1) is 5.83. The van der Waals surface area contributed by atoms with Gasteiger partial charge in [0.25, 0.3) is 0 Å². The van der Waals surface area contributed by atoms with Crippen LogP contribution in [0.3, 0.4) is 0 Å². The number of rotatable bonds is 7. The van der Waals surface area contributed by atoms with Crippen LogP contribution in [0.25, 0.3) is 0 Å². The van der Waals surface area contributed by atoms with Gasteiger partial charge in [-0.25, -0.2) is 0 Å². The summed E-state index contributed by atoms with van der Waals surface area (Å²) in [5, 5.41) is 0. The summed E-state index contributed by atoms with van der Waals surface area (Å²) in [6, 6.07) is 0.0363. The summed E-state index contributed by atoms with van der Waals surface area (Å²) in [5.41, 5.74) is 5.67. The molecule has 1 rings (SSSR count). The third-order valence-corrected chi connectivity index (χ3v) is 2.08. The first-order valence-corrected chi connectivity index (χ1v) is 4.65. The van der Waals surface area contributed by atoms with Gasteiger partial charge in [0.15, 0.2) is 0 Å². The van der Waals surface area contributed by atoms with Crippen LogP contribution in [-0.4, -0.2) is 33.0 Å². The van der Waals surface area contributed by atoms with E-state index in [9.17, 15) is 0 Å². The van der Waals surface area contributed by atoms with Crippen molar-refractivity contribution in [1.82, 2.24) is 0 Å². The fourth-order valence-electron chi connectivity index (χ4n) is 1.15. The van der Waals surface area contributed by atoms with Gasteiger partial charge in [-0.2, -0.15) is 0 Å². The van der Waals surface area contributed by atoms with Crippen molar-refractivity contribution in [1.29, 1.82) is 0 Å². The van der Waals surface area contributed by atoms with E-state index in [1.54, 1.807) is 7.11 Å². The minimum Gasteiger partial charge on any atom is -0.383 e. The average molecular weight is 173 g/mol. The lowest BCUT2D eigenvalue weighted by Gasteiger charge is -2.10. The first kappa shape index (κ1) is 9.96. The second-order valence-electron chi connectivity index (χ2n) is 3.52. The molecule has 0 aromatic rings. The minimum atomic E-state index is 0.0363. The van der Waals surface area contributed by atoms with Gasteiger partial charge >= 0.3 is 0 Å². The van der Waals surface area contributed by atoms with Crippen molar-refractivity contribution in [3.05, 3.63) is 0 Å². The Labute approximate surface area is 74.2 Å². The molecule has 1 aliphatic rings. The molecule has 72 valence electrons. The molecule has 12 heavy (non-hydrogen) atoms. The maximum Gasteiger partial charge on any atom is 0.0640 e. The molecule has 3 nitrogen and oxygen atoms in total. The topological polar surface area (TPSA) is 44.5 Å². The Kier molecular flexibility index (Phi) is 4.58. The Morgan fingerprint density at radius 2 is 2.17 bits per heavy atom. The van der Waals surface area contributed by atoms with Crippen molar-refractivity contribution in [3.63, 3.8) is 0 Å². The zero-order valence-electron chi connectivity index (χ0n) is 7.79. The van der Waals surface area contributed by atoms with Crippen LogP contribution in [0.15, 0.2) is 0 Å². The molecule has 1 fully saturated rings. The fourth-order valence-corrected chi connectivity index (χ4v) is 1.15. The highest BCUT2D eigenvalue weighted by Crippen LogP contribution is 2.31. The number of ether oxygens (including phenoxy) is 2. The number of methoxy groups -OCH3 is 1. The smallest absolute Gasteiger partial charge is 0.0640 e. The van der Waals surface area contributed by atoms with Crippen molar-refractivity contribution >= 4 is 0 Å². The molecule has 3 heteroatoms. The molecule has 0 spiro atoms. The molecule has 0 bridgehead atoms. The molecule has 0 aliphatic heterocycles. The van der Waals surface area contributed by atoms with Crippen molar-refractivity contribution < 1.29 is 9.47 Å². The number of hydrogen-bond acceptors (Lipinski definition) is 3. The van der Waals surface area contributed by atoms with Gasteiger partial charge in [-0.1, -0.05) is 12.8 Å². The highest BCUT2D eigenvalue weighted by atomic mass is 16.5. The molecule has 1 unspecified atom stereocenters. The summed E-state index contributed by atoms with van der Waals surface area (Å²) in [4.78, 5) is 0. The summed E-state index contributed by atoms with van der Waals surface area (Å²) in [6.07, 6.45) is 4.00. The van der Waals surface area contributed by atoms with Gasteiger partial charge in [0.1, 0.15) is 0 Å². The van der Waals surface area contributed by atoms with Crippen molar-refractivity contribution in [2.45, 2.75) is 25.3 Å². The lowest BCUT2D eigenvalue weighted by Crippen LogP contribution is -2.31. The summed E-state index contributed by atoms with van der Waals surface area (Å²) >= 11 is 0. The monoisotopic (exact) mass is 173 g/mol. The van der Waals surface area contributed by atoms with E-state index in [2.05, 4.69) is 0 Å². The van der Waals surface area contributed by atoms with Crippen LogP contribution in [0.2, 0.25) is 0 Å².